The van der Waals surface area contributed by atoms with Gasteiger partial charge in [-0.2, -0.15) is 0 Å². The fraction of sp³-hybridized carbons (Fsp3) is 0.545. The Bertz CT molecular complexity index is 269. The van der Waals surface area contributed by atoms with Crippen molar-refractivity contribution in [2.24, 2.45) is 0 Å². The van der Waals surface area contributed by atoms with Crippen LogP contribution < -0.4 is 5.32 Å². The van der Waals surface area contributed by atoms with Crippen molar-refractivity contribution in [2.45, 2.75) is 6.42 Å². The van der Waals surface area contributed by atoms with Gasteiger partial charge < -0.3 is 10.1 Å². The number of nitrogens with one attached hydrogen (secondary N) is 1. The van der Waals surface area contributed by atoms with Gasteiger partial charge in [-0.25, -0.2) is 4.79 Å². The second-order valence-electron chi connectivity index (χ2n) is 3.86. The maximum absolute atomic E-state index is 10.9. The van der Waals surface area contributed by atoms with Crippen LogP contribution >= 0.6 is 0 Å². The van der Waals surface area contributed by atoms with Gasteiger partial charge in [0.15, 0.2) is 0 Å². The van der Waals surface area contributed by atoms with Crippen molar-refractivity contribution >= 4 is 6.09 Å². The molecule has 1 amide bonds. The quantitative estimate of drug-likeness (QED) is 0.325. The molecule has 0 saturated carbocycles. The molecule has 0 aliphatic heterocycles. The van der Waals surface area contributed by atoms with Gasteiger partial charge in [-0.15, -0.1) is 0 Å². The number of carbonyl (C=O) groups excluding carboxylic acids is 1. The SMILES string of the molecule is C=CCOC(=O)NCCC#C[N+](C)(C)C. The van der Waals surface area contributed by atoms with Crippen molar-refractivity contribution in [3.63, 3.8) is 0 Å². The van der Waals surface area contributed by atoms with E-state index in [1.54, 1.807) is 0 Å². The van der Waals surface area contributed by atoms with Crippen molar-refractivity contribution in [3.8, 4) is 12.0 Å². The summed E-state index contributed by atoms with van der Waals surface area (Å²) in [5.74, 6) is 2.97. The number of alkyl carbamates (subject to hydrolysis) is 1. The topological polar surface area (TPSA) is 38.3 Å². The first-order valence-corrected chi connectivity index (χ1v) is 4.79. The van der Waals surface area contributed by atoms with E-state index in [1.807, 2.05) is 21.1 Å². The van der Waals surface area contributed by atoms with E-state index in [1.165, 1.54) is 6.08 Å². The molecule has 0 heterocycles. The molecule has 0 radical (unpaired) electrons. The monoisotopic (exact) mass is 211 g/mol. The highest BCUT2D eigenvalue weighted by Gasteiger charge is 2.00. The van der Waals surface area contributed by atoms with E-state index in [2.05, 4.69) is 23.9 Å². The van der Waals surface area contributed by atoms with E-state index in [-0.39, 0.29) is 6.61 Å². The molecule has 4 nitrogen and oxygen atoms in total. The minimum Gasteiger partial charge on any atom is -0.445 e. The standard InChI is InChI=1S/C11H18N2O2/c1-5-10-15-11(14)12-8-6-7-9-13(2,3)4/h5H,1,6,8,10H2,2-4H3/p+1. The third kappa shape index (κ3) is 10.5. The van der Waals surface area contributed by atoms with Gasteiger partial charge in [0.05, 0.1) is 21.1 Å². The van der Waals surface area contributed by atoms with Gasteiger partial charge in [-0.05, 0) is 5.92 Å². The first-order chi connectivity index (χ1) is 6.95. The third-order valence-electron chi connectivity index (χ3n) is 1.27. The predicted molar refractivity (Wildman–Crippen MR) is 60.0 cm³/mol. The Balaban J connectivity index is 3.57. The minimum atomic E-state index is -0.429. The Morgan fingerprint density at radius 1 is 1.53 bits per heavy atom. The molecule has 0 bridgehead atoms. The molecule has 0 aliphatic carbocycles. The zero-order valence-electron chi connectivity index (χ0n) is 9.67. The molecule has 1 N–H and O–H groups in total. The summed E-state index contributed by atoms with van der Waals surface area (Å²) in [5, 5.41) is 2.59. The lowest BCUT2D eigenvalue weighted by molar-refractivity contribution is -0.800. The average molecular weight is 211 g/mol. The van der Waals surface area contributed by atoms with Gasteiger partial charge in [-0.3, -0.25) is 4.48 Å². The molecule has 0 unspecified atom stereocenters. The Labute approximate surface area is 91.5 Å². The summed E-state index contributed by atoms with van der Waals surface area (Å²) in [6, 6.07) is 3.02. The molecule has 0 aromatic heterocycles. The lowest BCUT2D eigenvalue weighted by Crippen LogP contribution is -2.28. The first-order valence-electron chi connectivity index (χ1n) is 4.79. The third-order valence-corrected chi connectivity index (χ3v) is 1.27. The Hall–Kier alpha value is -1.47. The summed E-state index contributed by atoms with van der Waals surface area (Å²) in [7, 11) is 5.95. The van der Waals surface area contributed by atoms with E-state index in [0.717, 1.165) is 0 Å². The molecule has 0 saturated heterocycles. The van der Waals surface area contributed by atoms with Crippen molar-refractivity contribution in [3.05, 3.63) is 12.7 Å². The highest BCUT2D eigenvalue weighted by Crippen LogP contribution is 1.85. The van der Waals surface area contributed by atoms with Crippen LogP contribution in [0, 0.1) is 12.0 Å². The molecule has 0 rings (SSSR count). The minimum absolute atomic E-state index is 0.233. The number of amides is 1. The van der Waals surface area contributed by atoms with Gasteiger partial charge in [0, 0.05) is 13.0 Å². The molecule has 4 heteroatoms. The van der Waals surface area contributed by atoms with Crippen LogP contribution in [-0.4, -0.2) is 44.9 Å². The van der Waals surface area contributed by atoms with Crippen LogP contribution in [-0.2, 0) is 4.74 Å². The lowest BCUT2D eigenvalue weighted by Gasteiger charge is -2.12. The van der Waals surface area contributed by atoms with Crippen molar-refractivity contribution < 1.29 is 14.0 Å². The molecule has 84 valence electrons. The van der Waals surface area contributed by atoms with Crippen LogP contribution in [0.2, 0.25) is 0 Å². The predicted octanol–water partition coefficient (Wildman–Crippen LogP) is 0.956. The number of nitrogens with zero attached hydrogens (tertiary/aromatic N) is 1. The summed E-state index contributed by atoms with van der Waals surface area (Å²) in [5.41, 5.74) is 0. The van der Waals surface area contributed by atoms with Crippen molar-refractivity contribution in [1.29, 1.82) is 0 Å². The summed E-state index contributed by atoms with van der Waals surface area (Å²) in [4.78, 5) is 10.9. The molecule has 0 aliphatic rings. The molecule has 0 aromatic rings. The smallest absolute Gasteiger partial charge is 0.407 e. The van der Waals surface area contributed by atoms with Crippen molar-refractivity contribution in [1.82, 2.24) is 5.32 Å². The fourth-order valence-corrected chi connectivity index (χ4v) is 0.706. The van der Waals surface area contributed by atoms with Crippen LogP contribution in [0.1, 0.15) is 6.42 Å². The molecule has 0 fully saturated rings. The van der Waals surface area contributed by atoms with Crippen molar-refractivity contribution in [2.75, 3.05) is 34.3 Å². The fourth-order valence-electron chi connectivity index (χ4n) is 0.706. The molecular formula is C11H19N2O2+. The second-order valence-corrected chi connectivity index (χ2v) is 3.86. The van der Waals surface area contributed by atoms with Gasteiger partial charge >= 0.3 is 6.09 Å². The van der Waals surface area contributed by atoms with Gasteiger partial charge in [0.1, 0.15) is 12.7 Å². The molecule has 15 heavy (non-hydrogen) atoms. The van der Waals surface area contributed by atoms with E-state index in [0.29, 0.717) is 17.4 Å². The molecule has 0 atom stereocenters. The summed E-state index contributed by atoms with van der Waals surface area (Å²) < 4.78 is 5.32. The van der Waals surface area contributed by atoms with Crippen LogP contribution in [0.5, 0.6) is 0 Å². The van der Waals surface area contributed by atoms with E-state index >= 15 is 0 Å². The van der Waals surface area contributed by atoms with Crippen LogP contribution in [0.25, 0.3) is 0 Å². The zero-order chi connectivity index (χ0) is 11.7. The number of ether oxygens (including phenoxy) is 1. The number of quaternary nitrogens is 1. The summed E-state index contributed by atoms with van der Waals surface area (Å²) in [6.45, 7) is 4.18. The largest absolute Gasteiger partial charge is 0.445 e. The zero-order valence-corrected chi connectivity index (χ0v) is 9.67. The number of rotatable bonds is 4. The normalized spacial score (nSPS) is 9.80. The lowest BCUT2D eigenvalue weighted by atomic mass is 10.4. The highest BCUT2D eigenvalue weighted by atomic mass is 16.5. The maximum Gasteiger partial charge on any atom is 0.407 e. The summed E-state index contributed by atoms with van der Waals surface area (Å²) in [6.07, 6.45) is 1.72. The Morgan fingerprint density at radius 3 is 2.73 bits per heavy atom. The molecule has 0 aromatic carbocycles. The maximum atomic E-state index is 10.9. The van der Waals surface area contributed by atoms with Crippen LogP contribution in [0.3, 0.4) is 0 Å². The van der Waals surface area contributed by atoms with Gasteiger partial charge in [0.25, 0.3) is 0 Å². The number of hydrogen-bond acceptors (Lipinski definition) is 2. The van der Waals surface area contributed by atoms with Gasteiger partial charge in [-0.1, -0.05) is 12.7 Å². The van der Waals surface area contributed by atoms with Crippen LogP contribution in [0.15, 0.2) is 12.7 Å². The first kappa shape index (κ1) is 13.5. The van der Waals surface area contributed by atoms with Gasteiger partial charge in [0.2, 0.25) is 0 Å². The average Bonchev–Trinajstić information content (AvgIpc) is 2.12. The Morgan fingerprint density at radius 2 is 2.20 bits per heavy atom. The number of carbonyl (C=O) groups is 1. The number of hydrogen-bond donors (Lipinski definition) is 1. The second kappa shape index (κ2) is 6.91. The summed E-state index contributed by atoms with van der Waals surface area (Å²) >= 11 is 0. The Kier molecular flexibility index (Phi) is 6.23. The van der Waals surface area contributed by atoms with E-state index in [9.17, 15) is 4.79 Å². The van der Waals surface area contributed by atoms with Crippen LogP contribution in [0.4, 0.5) is 4.79 Å². The van der Waals surface area contributed by atoms with E-state index < -0.39 is 6.09 Å². The molecular weight excluding hydrogens is 192 g/mol. The van der Waals surface area contributed by atoms with E-state index in [4.69, 9.17) is 4.74 Å². The molecule has 0 spiro atoms. The highest BCUT2D eigenvalue weighted by molar-refractivity contribution is 5.67.